The highest BCUT2D eigenvalue weighted by atomic mass is 16.3. The summed E-state index contributed by atoms with van der Waals surface area (Å²) in [5.74, 6) is 0.286. The van der Waals surface area contributed by atoms with Gasteiger partial charge in [-0.3, -0.25) is 9.48 Å². The predicted molar refractivity (Wildman–Crippen MR) is 131 cm³/mol. The largest absolute Gasteiger partial charge is 0.374 e. The van der Waals surface area contributed by atoms with Crippen LogP contribution >= 0.6 is 0 Å². The Morgan fingerprint density at radius 2 is 1.97 bits per heavy atom. The number of amides is 1. The lowest BCUT2D eigenvalue weighted by Gasteiger charge is -2.39. The van der Waals surface area contributed by atoms with Crippen LogP contribution in [0.3, 0.4) is 0 Å². The molecule has 4 aromatic heterocycles. The molecule has 186 valence electrons. The Labute approximate surface area is 208 Å². The van der Waals surface area contributed by atoms with Gasteiger partial charge in [-0.1, -0.05) is 18.2 Å². The minimum absolute atomic E-state index is 0.0310. The Bertz CT molecular complexity index is 1400. The summed E-state index contributed by atoms with van der Waals surface area (Å²) in [6.07, 6.45) is 7.64. The van der Waals surface area contributed by atoms with Crippen molar-refractivity contribution < 1.29 is 9.90 Å². The monoisotopic (exact) mass is 488 g/mol. The quantitative estimate of drug-likeness (QED) is 0.415. The van der Waals surface area contributed by atoms with Crippen molar-refractivity contribution in [1.82, 2.24) is 44.6 Å². The van der Waals surface area contributed by atoms with E-state index in [4.69, 9.17) is 0 Å². The summed E-state index contributed by atoms with van der Waals surface area (Å²) in [4.78, 5) is 28.0. The smallest absolute Gasteiger partial charge is 0.260 e. The molecule has 1 amide bonds. The molecule has 1 unspecified atom stereocenters. The molecule has 2 N–H and O–H groups in total. The fraction of sp³-hybridized carbons (Fsp3) is 0.375. The molecule has 1 aliphatic rings. The molecule has 1 aliphatic heterocycles. The Morgan fingerprint density at radius 1 is 1.17 bits per heavy atom. The topological polar surface area (TPSA) is 140 Å². The number of aliphatic hydroxyl groups is 1. The summed E-state index contributed by atoms with van der Waals surface area (Å²) in [5, 5.41) is 27.1. The van der Waals surface area contributed by atoms with Crippen molar-refractivity contribution in [2.24, 2.45) is 13.0 Å². The van der Waals surface area contributed by atoms with Crippen LogP contribution in [-0.2, 0) is 17.4 Å². The van der Waals surface area contributed by atoms with E-state index < -0.39 is 5.60 Å². The number of hydrogen-bond donors (Lipinski definition) is 2. The van der Waals surface area contributed by atoms with Crippen molar-refractivity contribution in [3.05, 3.63) is 60.3 Å². The minimum atomic E-state index is -1.72. The first-order valence-electron chi connectivity index (χ1n) is 11.7. The third kappa shape index (κ3) is 4.19. The normalized spacial score (nSPS) is 21.0. The highest BCUT2D eigenvalue weighted by molar-refractivity contribution is 5.86. The van der Waals surface area contributed by atoms with Crippen molar-refractivity contribution in [1.29, 1.82) is 0 Å². The number of nitrogens with zero attached hydrogens (tertiary/aromatic N) is 9. The second-order valence-corrected chi connectivity index (χ2v) is 9.19. The number of carbonyl (C=O) groups excluding carboxylic acids is 1. The van der Waals surface area contributed by atoms with Gasteiger partial charge in [0, 0.05) is 44.5 Å². The lowest BCUT2D eigenvalue weighted by Crippen LogP contribution is -2.54. The number of aryl methyl sites for hydroxylation is 1. The second-order valence-electron chi connectivity index (χ2n) is 9.19. The van der Waals surface area contributed by atoms with Gasteiger partial charge in [0.2, 0.25) is 5.95 Å². The predicted octanol–water partition coefficient (Wildman–Crippen LogP) is 1.71. The van der Waals surface area contributed by atoms with Gasteiger partial charge in [0.1, 0.15) is 5.69 Å². The van der Waals surface area contributed by atoms with Gasteiger partial charge in [-0.2, -0.15) is 5.10 Å². The molecule has 0 aromatic carbocycles. The van der Waals surface area contributed by atoms with E-state index in [9.17, 15) is 9.90 Å². The van der Waals surface area contributed by atoms with Crippen LogP contribution in [0.2, 0.25) is 0 Å². The zero-order valence-corrected chi connectivity index (χ0v) is 20.6. The number of hydrogen-bond acceptors (Lipinski definition) is 9. The Balaban J connectivity index is 1.40. The van der Waals surface area contributed by atoms with Gasteiger partial charge in [0.25, 0.3) is 5.91 Å². The van der Waals surface area contributed by atoms with E-state index in [1.165, 1.54) is 9.58 Å². The zero-order chi connectivity index (χ0) is 25.4. The van der Waals surface area contributed by atoms with Crippen LogP contribution in [0.15, 0.2) is 49.1 Å². The van der Waals surface area contributed by atoms with Gasteiger partial charge in [-0.15, -0.1) is 5.10 Å². The molecule has 5 rings (SSSR count). The first kappa shape index (κ1) is 23.5. The molecule has 4 aromatic rings. The third-order valence-electron chi connectivity index (χ3n) is 6.62. The number of nitrogens with one attached hydrogen (secondary N) is 1. The maximum Gasteiger partial charge on any atom is 0.260 e. The molecular formula is C24H28N10O2. The molecular weight excluding hydrogens is 460 g/mol. The highest BCUT2D eigenvalue weighted by Crippen LogP contribution is 2.36. The van der Waals surface area contributed by atoms with Gasteiger partial charge in [-0.25, -0.2) is 19.6 Å². The van der Waals surface area contributed by atoms with Crippen molar-refractivity contribution in [2.45, 2.75) is 31.9 Å². The van der Waals surface area contributed by atoms with E-state index in [-0.39, 0.29) is 23.6 Å². The van der Waals surface area contributed by atoms with Crippen LogP contribution in [0.25, 0.3) is 17.2 Å². The lowest BCUT2D eigenvalue weighted by molar-refractivity contribution is -0.164. The van der Waals surface area contributed by atoms with Crippen molar-refractivity contribution in [3.63, 3.8) is 0 Å². The SMILES string of the molecule is CC1CCN(C)C(=O)[C@]1(O)c1cn(-c2cccc(-c3ccnc(N[C@H](C)c4cnn(C)c4)n3)n2)nn1. The molecule has 0 bridgehead atoms. The molecule has 0 saturated carbocycles. The summed E-state index contributed by atoms with van der Waals surface area (Å²) in [6.45, 7) is 4.45. The number of rotatable bonds is 6. The first-order chi connectivity index (χ1) is 17.3. The fourth-order valence-electron chi connectivity index (χ4n) is 4.32. The Kier molecular flexibility index (Phi) is 5.96. The molecule has 0 spiro atoms. The average molecular weight is 489 g/mol. The van der Waals surface area contributed by atoms with Gasteiger partial charge in [-0.05, 0) is 31.5 Å². The van der Waals surface area contributed by atoms with Crippen LogP contribution in [0.4, 0.5) is 5.95 Å². The Morgan fingerprint density at radius 3 is 2.75 bits per heavy atom. The van der Waals surface area contributed by atoms with E-state index in [1.807, 2.05) is 39.2 Å². The average Bonchev–Trinajstić information content (AvgIpc) is 3.55. The maximum absolute atomic E-state index is 12.8. The molecule has 3 atom stereocenters. The fourth-order valence-corrected chi connectivity index (χ4v) is 4.32. The summed E-state index contributed by atoms with van der Waals surface area (Å²) in [6, 6.07) is 7.20. The van der Waals surface area contributed by atoms with E-state index in [0.717, 1.165) is 5.56 Å². The molecule has 0 radical (unpaired) electrons. The maximum atomic E-state index is 12.8. The number of likely N-dealkylation sites (tertiary alicyclic amines) is 1. The standard InChI is InChI=1S/C24H28N10O2/c1-15-9-11-32(3)22(35)24(15,36)20-14-34(31-30-20)21-7-5-6-18(28-21)19-8-10-25-23(29-19)27-16(2)17-12-26-33(4)13-17/h5-8,10,12-16,36H,9,11H2,1-4H3,(H,25,27,29)/t15?,16-,24-/m1/s1. The van der Waals surface area contributed by atoms with Crippen LogP contribution in [0, 0.1) is 5.92 Å². The molecule has 5 heterocycles. The zero-order valence-electron chi connectivity index (χ0n) is 20.6. The molecule has 1 fully saturated rings. The lowest BCUT2D eigenvalue weighted by atomic mass is 9.80. The van der Waals surface area contributed by atoms with Crippen molar-refractivity contribution >= 4 is 11.9 Å². The van der Waals surface area contributed by atoms with Crippen LogP contribution in [-0.4, -0.2) is 69.2 Å². The van der Waals surface area contributed by atoms with Crippen LogP contribution < -0.4 is 5.32 Å². The van der Waals surface area contributed by atoms with Gasteiger partial charge >= 0.3 is 0 Å². The Hall–Kier alpha value is -4.19. The van der Waals surface area contributed by atoms with E-state index >= 15 is 0 Å². The number of piperidine rings is 1. The number of carbonyl (C=O) groups is 1. The molecule has 36 heavy (non-hydrogen) atoms. The van der Waals surface area contributed by atoms with Crippen LogP contribution in [0.1, 0.15) is 37.6 Å². The van der Waals surface area contributed by atoms with Gasteiger partial charge in [0.05, 0.1) is 29.8 Å². The molecule has 1 saturated heterocycles. The summed E-state index contributed by atoms with van der Waals surface area (Å²) < 4.78 is 3.20. The van der Waals surface area contributed by atoms with E-state index in [2.05, 4.69) is 35.7 Å². The number of pyridine rings is 1. The van der Waals surface area contributed by atoms with Crippen molar-refractivity contribution in [3.8, 4) is 17.2 Å². The third-order valence-corrected chi connectivity index (χ3v) is 6.62. The number of likely N-dealkylation sites (N-methyl/N-ethyl adjacent to an activating group) is 1. The first-order valence-corrected chi connectivity index (χ1v) is 11.7. The molecule has 12 heteroatoms. The number of anilines is 1. The van der Waals surface area contributed by atoms with E-state index in [0.29, 0.717) is 36.1 Å². The summed E-state index contributed by atoms with van der Waals surface area (Å²) in [5.41, 5.74) is 0.749. The van der Waals surface area contributed by atoms with E-state index in [1.54, 1.807) is 42.5 Å². The molecule has 12 nitrogen and oxygen atoms in total. The summed E-state index contributed by atoms with van der Waals surface area (Å²) in [7, 11) is 3.55. The van der Waals surface area contributed by atoms with Crippen LogP contribution in [0.5, 0.6) is 0 Å². The van der Waals surface area contributed by atoms with Gasteiger partial charge < -0.3 is 15.3 Å². The van der Waals surface area contributed by atoms with Crippen molar-refractivity contribution in [2.75, 3.05) is 18.9 Å². The van der Waals surface area contributed by atoms with Gasteiger partial charge in [0.15, 0.2) is 11.4 Å². The number of aromatic nitrogens is 8. The molecule has 0 aliphatic carbocycles. The summed E-state index contributed by atoms with van der Waals surface area (Å²) >= 11 is 0. The minimum Gasteiger partial charge on any atom is -0.374 e. The second kappa shape index (κ2) is 9.11. The highest BCUT2D eigenvalue weighted by Gasteiger charge is 2.50.